The number of carbonyl (C=O) groups excluding carboxylic acids is 1. The van der Waals surface area contributed by atoms with Crippen molar-refractivity contribution in [2.75, 3.05) is 14.1 Å². The topological polar surface area (TPSA) is 59.0 Å². The normalized spacial score (nSPS) is 27.6. The molecule has 1 N–H and O–H groups in total. The number of rotatable bonds is 5. The summed E-state index contributed by atoms with van der Waals surface area (Å²) in [5.74, 6) is -0.419. The fraction of sp³-hybridized carbons (Fsp3) is 0.409. The molecule has 0 bridgehead atoms. The van der Waals surface area contributed by atoms with Crippen molar-refractivity contribution in [1.82, 2.24) is 4.90 Å². The van der Waals surface area contributed by atoms with Crippen LogP contribution in [0.3, 0.4) is 0 Å². The highest BCUT2D eigenvalue weighted by atomic mass is 32.2. The minimum atomic E-state index is -0.765. The molecule has 1 heterocycles. The molecule has 0 saturated carbocycles. The molecule has 2 aromatic carbocycles. The van der Waals surface area contributed by atoms with Crippen LogP contribution in [0.15, 0.2) is 59.5 Å². The quantitative estimate of drug-likeness (QED) is 0.776. The lowest BCUT2D eigenvalue weighted by Gasteiger charge is -2.45. The van der Waals surface area contributed by atoms with E-state index in [2.05, 4.69) is 0 Å². The van der Waals surface area contributed by atoms with Gasteiger partial charge in [0.1, 0.15) is 5.44 Å². The van der Waals surface area contributed by atoms with Gasteiger partial charge in [0, 0.05) is 4.90 Å². The maximum atomic E-state index is 12.7. The van der Waals surface area contributed by atoms with Crippen molar-refractivity contribution in [3.05, 3.63) is 65.7 Å². The molecule has 5 nitrogen and oxygen atoms in total. The number of esters is 1. The number of benzene rings is 2. The van der Waals surface area contributed by atoms with Crippen LogP contribution in [0, 0.1) is 6.92 Å². The van der Waals surface area contributed by atoms with Gasteiger partial charge in [0.2, 0.25) is 0 Å². The van der Waals surface area contributed by atoms with Crippen LogP contribution in [0.4, 0.5) is 0 Å². The van der Waals surface area contributed by atoms with Crippen molar-refractivity contribution in [3.63, 3.8) is 0 Å². The molecule has 0 spiro atoms. The first-order chi connectivity index (χ1) is 13.4. The van der Waals surface area contributed by atoms with Crippen LogP contribution in [-0.4, -0.2) is 59.9 Å². The molecule has 150 valence electrons. The summed E-state index contributed by atoms with van der Waals surface area (Å²) in [5.41, 5.74) is 1.23. The highest BCUT2D eigenvalue weighted by Gasteiger charge is 2.47. The zero-order chi connectivity index (χ0) is 20.3. The highest BCUT2D eigenvalue weighted by Crippen LogP contribution is 2.36. The number of hydrogen-bond acceptors (Lipinski definition) is 6. The molecule has 1 saturated heterocycles. The molecule has 1 aliphatic heterocycles. The molecular formula is C22H27NO4S. The third-order valence-electron chi connectivity index (χ3n) is 4.91. The molecule has 0 aliphatic carbocycles. The Morgan fingerprint density at radius 3 is 2.36 bits per heavy atom. The first-order valence-corrected chi connectivity index (χ1v) is 10.2. The molecule has 6 heteroatoms. The number of nitrogens with zero attached hydrogens (tertiary/aromatic N) is 1. The molecule has 0 radical (unpaired) electrons. The number of carbonyl (C=O) groups is 1. The second-order valence-corrected chi connectivity index (χ2v) is 8.49. The van der Waals surface area contributed by atoms with Crippen molar-refractivity contribution in [2.24, 2.45) is 0 Å². The number of aliphatic hydroxyl groups excluding tert-OH is 1. The van der Waals surface area contributed by atoms with Gasteiger partial charge in [-0.05, 0) is 52.2 Å². The second kappa shape index (κ2) is 9.09. The van der Waals surface area contributed by atoms with Crippen molar-refractivity contribution in [3.8, 4) is 0 Å². The summed E-state index contributed by atoms with van der Waals surface area (Å²) in [6.45, 7) is 3.88. The fourth-order valence-electron chi connectivity index (χ4n) is 3.34. The molecule has 3 rings (SSSR count). The van der Waals surface area contributed by atoms with Crippen molar-refractivity contribution in [2.45, 2.75) is 48.5 Å². The van der Waals surface area contributed by atoms with Crippen molar-refractivity contribution in [1.29, 1.82) is 0 Å². The van der Waals surface area contributed by atoms with E-state index in [9.17, 15) is 9.90 Å². The standard InChI is InChI=1S/C22H27NO4S/c1-14-10-12-17(13-11-14)28-22-20(18(23(3)4)19(24)15(2)26-22)27-21(25)16-8-6-5-7-9-16/h5-13,15,18-20,22,24H,1-4H3/t15-,18+,19-,20-,22+/m1/s1. The Bertz CT molecular complexity index is 781. The zero-order valence-corrected chi connectivity index (χ0v) is 17.4. The number of likely N-dealkylation sites (N-methyl/N-ethyl adjacent to an activating group) is 1. The van der Waals surface area contributed by atoms with Gasteiger partial charge in [-0.15, -0.1) is 0 Å². The van der Waals surface area contributed by atoms with E-state index in [1.807, 2.05) is 63.2 Å². The number of aryl methyl sites for hydroxylation is 1. The van der Waals surface area contributed by atoms with Gasteiger partial charge >= 0.3 is 5.97 Å². The highest BCUT2D eigenvalue weighted by molar-refractivity contribution is 7.99. The van der Waals surface area contributed by atoms with Crippen LogP contribution < -0.4 is 0 Å². The van der Waals surface area contributed by atoms with Gasteiger partial charge < -0.3 is 19.5 Å². The molecular weight excluding hydrogens is 374 g/mol. The van der Waals surface area contributed by atoms with Crippen LogP contribution in [-0.2, 0) is 9.47 Å². The monoisotopic (exact) mass is 401 g/mol. The Morgan fingerprint density at radius 1 is 1.11 bits per heavy atom. The predicted octanol–water partition coefficient (Wildman–Crippen LogP) is 3.35. The first kappa shape index (κ1) is 20.9. The third-order valence-corrected chi connectivity index (χ3v) is 6.06. The molecule has 1 aliphatic rings. The Balaban J connectivity index is 1.87. The van der Waals surface area contributed by atoms with Crippen molar-refractivity contribution >= 4 is 17.7 Å². The summed E-state index contributed by atoms with van der Waals surface area (Å²) in [5, 5.41) is 10.7. The average molecular weight is 402 g/mol. The van der Waals surface area contributed by atoms with Gasteiger partial charge in [-0.3, -0.25) is 0 Å². The zero-order valence-electron chi connectivity index (χ0n) is 16.6. The van der Waals surface area contributed by atoms with E-state index >= 15 is 0 Å². The van der Waals surface area contributed by atoms with Gasteiger partial charge in [0.05, 0.1) is 23.8 Å². The Labute approximate surface area is 170 Å². The summed E-state index contributed by atoms with van der Waals surface area (Å²) in [6.07, 6.45) is -1.76. The fourth-order valence-corrected chi connectivity index (χ4v) is 4.48. The SMILES string of the molecule is Cc1ccc(S[C@@H]2O[C@H](C)[C@@H](O)[C@H](N(C)C)[C@H]2OC(=O)c2ccccc2)cc1. The lowest BCUT2D eigenvalue weighted by atomic mass is 9.96. The molecule has 1 fully saturated rings. The molecule has 5 atom stereocenters. The minimum absolute atomic E-state index is 0.373. The predicted molar refractivity (Wildman–Crippen MR) is 110 cm³/mol. The van der Waals surface area contributed by atoms with Crippen LogP contribution >= 0.6 is 11.8 Å². The van der Waals surface area contributed by atoms with Gasteiger partial charge in [-0.1, -0.05) is 47.7 Å². The number of aliphatic hydroxyl groups is 1. The van der Waals surface area contributed by atoms with E-state index < -0.39 is 23.6 Å². The number of hydrogen-bond donors (Lipinski definition) is 1. The van der Waals surface area contributed by atoms with E-state index in [0.29, 0.717) is 5.56 Å². The number of thioether (sulfide) groups is 1. The summed E-state index contributed by atoms with van der Waals surface area (Å²) in [4.78, 5) is 15.6. The first-order valence-electron chi connectivity index (χ1n) is 9.36. The van der Waals surface area contributed by atoms with E-state index in [4.69, 9.17) is 9.47 Å². The summed E-state index contributed by atoms with van der Waals surface area (Å²) < 4.78 is 12.0. The molecule has 2 aromatic rings. The van der Waals surface area contributed by atoms with E-state index in [-0.39, 0.29) is 12.1 Å². The van der Waals surface area contributed by atoms with Gasteiger partial charge in [0.25, 0.3) is 0 Å². The van der Waals surface area contributed by atoms with Gasteiger partial charge in [-0.2, -0.15) is 0 Å². The largest absolute Gasteiger partial charge is 0.453 e. The van der Waals surface area contributed by atoms with Crippen LogP contribution in [0.5, 0.6) is 0 Å². The molecule has 28 heavy (non-hydrogen) atoms. The molecule has 0 aromatic heterocycles. The third kappa shape index (κ3) is 4.75. The second-order valence-electron chi connectivity index (χ2n) is 7.32. The Hall–Kier alpha value is -1.86. The van der Waals surface area contributed by atoms with Gasteiger partial charge in [-0.25, -0.2) is 4.79 Å². The van der Waals surface area contributed by atoms with Gasteiger partial charge in [0.15, 0.2) is 6.10 Å². The molecule has 0 amide bonds. The van der Waals surface area contributed by atoms with Crippen LogP contribution in [0.2, 0.25) is 0 Å². The molecule has 0 unspecified atom stereocenters. The van der Waals surface area contributed by atoms with E-state index in [1.54, 1.807) is 24.3 Å². The Kier molecular flexibility index (Phi) is 6.78. The summed E-state index contributed by atoms with van der Waals surface area (Å²) >= 11 is 1.51. The van der Waals surface area contributed by atoms with Crippen LogP contribution in [0.1, 0.15) is 22.8 Å². The summed E-state index contributed by atoms with van der Waals surface area (Å²) in [7, 11) is 3.76. The average Bonchev–Trinajstić information content (AvgIpc) is 2.68. The summed E-state index contributed by atoms with van der Waals surface area (Å²) in [6, 6.07) is 16.6. The minimum Gasteiger partial charge on any atom is -0.453 e. The number of ether oxygens (including phenoxy) is 2. The van der Waals surface area contributed by atoms with Crippen LogP contribution in [0.25, 0.3) is 0 Å². The lowest BCUT2D eigenvalue weighted by molar-refractivity contribution is -0.169. The smallest absolute Gasteiger partial charge is 0.338 e. The Morgan fingerprint density at radius 2 is 1.75 bits per heavy atom. The maximum absolute atomic E-state index is 12.7. The van der Waals surface area contributed by atoms with E-state index in [0.717, 1.165) is 4.90 Å². The van der Waals surface area contributed by atoms with E-state index in [1.165, 1.54) is 17.3 Å². The lowest BCUT2D eigenvalue weighted by Crippen LogP contribution is -2.62. The van der Waals surface area contributed by atoms with Crippen molar-refractivity contribution < 1.29 is 19.4 Å². The maximum Gasteiger partial charge on any atom is 0.338 e.